The van der Waals surface area contributed by atoms with Gasteiger partial charge in [0.05, 0.1) is 6.54 Å². The monoisotopic (exact) mass is 303 g/mol. The van der Waals surface area contributed by atoms with Gasteiger partial charge in [0.2, 0.25) is 5.91 Å². The molecule has 7 heteroatoms. The van der Waals surface area contributed by atoms with Gasteiger partial charge in [-0.3, -0.25) is 14.4 Å². The number of nitrogens with one attached hydrogen (secondary N) is 1. The summed E-state index contributed by atoms with van der Waals surface area (Å²) < 4.78 is 6.92. The van der Waals surface area contributed by atoms with Crippen molar-refractivity contribution in [3.63, 3.8) is 0 Å². The molecular weight excluding hydrogens is 282 g/mol. The van der Waals surface area contributed by atoms with Crippen LogP contribution in [0.5, 0.6) is 0 Å². The van der Waals surface area contributed by atoms with E-state index in [9.17, 15) is 4.79 Å². The van der Waals surface area contributed by atoms with Gasteiger partial charge in [0.1, 0.15) is 5.76 Å². The Kier molecular flexibility index (Phi) is 4.53. The normalized spacial score (nSPS) is 16.8. The molecule has 1 fully saturated rings. The summed E-state index contributed by atoms with van der Waals surface area (Å²) in [6.45, 7) is 5.05. The molecule has 1 N–H and O–H groups in total. The molecule has 0 aromatic carbocycles. The fourth-order valence-corrected chi connectivity index (χ4v) is 2.81. The second kappa shape index (κ2) is 6.74. The third-order valence-corrected chi connectivity index (χ3v) is 3.97. The topological polar surface area (TPSA) is 76.2 Å². The highest BCUT2D eigenvalue weighted by molar-refractivity contribution is 5.91. The van der Waals surface area contributed by atoms with E-state index >= 15 is 0 Å². The summed E-state index contributed by atoms with van der Waals surface area (Å²) in [6.07, 6.45) is 6.00. The molecule has 3 heterocycles. The smallest absolute Gasteiger partial charge is 0.239 e. The molecule has 118 valence electrons. The van der Waals surface area contributed by atoms with Crippen LogP contribution in [0.4, 0.5) is 5.82 Å². The van der Waals surface area contributed by atoms with Gasteiger partial charge in [-0.2, -0.15) is 5.10 Å². The van der Waals surface area contributed by atoms with Gasteiger partial charge in [0, 0.05) is 25.0 Å². The van der Waals surface area contributed by atoms with E-state index in [0.29, 0.717) is 24.0 Å². The van der Waals surface area contributed by atoms with Gasteiger partial charge in [-0.25, -0.2) is 0 Å². The molecule has 0 saturated carbocycles. The van der Waals surface area contributed by atoms with Crippen LogP contribution in [-0.2, 0) is 11.3 Å². The second-order valence-electron chi connectivity index (χ2n) is 5.82. The lowest BCUT2D eigenvalue weighted by molar-refractivity contribution is -0.117. The Morgan fingerprint density at radius 2 is 2.27 bits per heavy atom. The molecule has 0 bridgehead atoms. The predicted octanol–water partition coefficient (Wildman–Crippen LogP) is 1.53. The molecule has 22 heavy (non-hydrogen) atoms. The van der Waals surface area contributed by atoms with Crippen molar-refractivity contribution in [2.24, 2.45) is 5.92 Å². The zero-order valence-corrected chi connectivity index (χ0v) is 12.7. The molecule has 0 unspecified atom stereocenters. The fraction of sp³-hybridized carbons (Fsp3) is 0.533. The number of rotatable bonds is 5. The number of piperidine rings is 1. The Morgan fingerprint density at radius 3 is 2.91 bits per heavy atom. The number of hydrogen-bond donors (Lipinski definition) is 1. The summed E-state index contributed by atoms with van der Waals surface area (Å²) in [5, 5.41) is 10.8. The number of aromatic nitrogens is 3. The molecule has 1 aliphatic heterocycles. The number of carbonyl (C=O) groups is 1. The Morgan fingerprint density at radius 1 is 1.45 bits per heavy atom. The summed E-state index contributed by atoms with van der Waals surface area (Å²) in [5.41, 5.74) is 0. The highest BCUT2D eigenvalue weighted by Crippen LogP contribution is 2.18. The first-order chi connectivity index (χ1) is 10.7. The van der Waals surface area contributed by atoms with E-state index in [4.69, 9.17) is 4.52 Å². The molecule has 2 aromatic heterocycles. The van der Waals surface area contributed by atoms with Crippen molar-refractivity contribution >= 4 is 11.7 Å². The maximum Gasteiger partial charge on any atom is 0.239 e. The lowest BCUT2D eigenvalue weighted by Crippen LogP contribution is -2.40. The molecule has 7 nitrogen and oxygen atoms in total. The third kappa shape index (κ3) is 3.94. The van der Waals surface area contributed by atoms with Gasteiger partial charge in [-0.1, -0.05) is 5.16 Å². The Bertz CT molecular complexity index is 599. The molecule has 2 aromatic rings. The SMILES string of the molecule is Cc1cc(NC(=O)CN2CCC(Cn3cccn3)CC2)no1. The Hall–Kier alpha value is -2.15. The molecule has 1 amide bonds. The number of amides is 1. The molecule has 1 saturated heterocycles. The average molecular weight is 303 g/mol. The minimum atomic E-state index is -0.0428. The number of aryl methyl sites for hydroxylation is 1. The minimum absolute atomic E-state index is 0.0428. The third-order valence-electron chi connectivity index (χ3n) is 3.97. The summed E-state index contributed by atoms with van der Waals surface area (Å²) in [7, 11) is 0. The maximum absolute atomic E-state index is 12.0. The van der Waals surface area contributed by atoms with Crippen molar-refractivity contribution in [3.05, 3.63) is 30.3 Å². The van der Waals surface area contributed by atoms with Crippen LogP contribution >= 0.6 is 0 Å². The van der Waals surface area contributed by atoms with Gasteiger partial charge in [-0.05, 0) is 44.8 Å². The average Bonchev–Trinajstić information content (AvgIpc) is 3.13. The molecular formula is C15H21N5O2. The predicted molar refractivity (Wildman–Crippen MR) is 81.3 cm³/mol. The lowest BCUT2D eigenvalue weighted by atomic mass is 9.97. The van der Waals surface area contributed by atoms with E-state index in [0.717, 1.165) is 32.5 Å². The lowest BCUT2D eigenvalue weighted by Gasteiger charge is -2.31. The Balaban J connectivity index is 1.40. The summed E-state index contributed by atoms with van der Waals surface area (Å²) in [5.74, 6) is 1.77. The van der Waals surface area contributed by atoms with Crippen LogP contribution in [0.15, 0.2) is 29.0 Å². The molecule has 0 aliphatic carbocycles. The summed E-state index contributed by atoms with van der Waals surface area (Å²) >= 11 is 0. The zero-order chi connectivity index (χ0) is 15.4. The standard InChI is InChI=1S/C15H21N5O2/c1-12-9-14(18-22-12)17-15(21)11-19-7-3-13(4-8-19)10-20-6-2-5-16-20/h2,5-6,9,13H,3-4,7-8,10-11H2,1H3,(H,17,18,21). The molecule has 3 rings (SSSR count). The second-order valence-corrected chi connectivity index (χ2v) is 5.82. The van der Waals surface area contributed by atoms with Crippen molar-refractivity contribution in [2.45, 2.75) is 26.3 Å². The van der Waals surface area contributed by atoms with Gasteiger partial charge in [-0.15, -0.1) is 0 Å². The quantitative estimate of drug-likeness (QED) is 0.906. The van der Waals surface area contributed by atoms with Crippen LogP contribution in [0.25, 0.3) is 0 Å². The van der Waals surface area contributed by atoms with Crippen molar-refractivity contribution in [1.82, 2.24) is 19.8 Å². The number of anilines is 1. The van der Waals surface area contributed by atoms with Crippen LogP contribution in [0.1, 0.15) is 18.6 Å². The number of likely N-dealkylation sites (tertiary alicyclic amines) is 1. The van der Waals surface area contributed by atoms with Gasteiger partial charge >= 0.3 is 0 Å². The van der Waals surface area contributed by atoms with Crippen molar-refractivity contribution in [2.75, 3.05) is 25.0 Å². The number of carbonyl (C=O) groups excluding carboxylic acids is 1. The molecule has 0 radical (unpaired) electrons. The maximum atomic E-state index is 12.0. The first kappa shape index (κ1) is 14.8. The van der Waals surface area contributed by atoms with E-state index in [2.05, 4.69) is 20.5 Å². The van der Waals surface area contributed by atoms with Crippen LogP contribution in [0, 0.1) is 12.8 Å². The van der Waals surface area contributed by atoms with Crippen molar-refractivity contribution in [3.8, 4) is 0 Å². The zero-order valence-electron chi connectivity index (χ0n) is 12.7. The van der Waals surface area contributed by atoms with Crippen LogP contribution in [0.3, 0.4) is 0 Å². The van der Waals surface area contributed by atoms with Gasteiger partial charge in [0.15, 0.2) is 5.82 Å². The van der Waals surface area contributed by atoms with E-state index in [1.807, 2.05) is 23.1 Å². The van der Waals surface area contributed by atoms with Crippen LogP contribution in [0.2, 0.25) is 0 Å². The Labute approximate surface area is 129 Å². The van der Waals surface area contributed by atoms with E-state index in [1.165, 1.54) is 0 Å². The van der Waals surface area contributed by atoms with Gasteiger partial charge < -0.3 is 9.84 Å². The van der Waals surface area contributed by atoms with Crippen molar-refractivity contribution < 1.29 is 9.32 Å². The summed E-state index contributed by atoms with van der Waals surface area (Å²) in [4.78, 5) is 14.2. The number of hydrogen-bond acceptors (Lipinski definition) is 5. The molecule has 1 aliphatic rings. The van der Waals surface area contributed by atoms with E-state index < -0.39 is 0 Å². The first-order valence-corrected chi connectivity index (χ1v) is 7.62. The largest absolute Gasteiger partial charge is 0.360 e. The molecule has 0 spiro atoms. The van der Waals surface area contributed by atoms with E-state index in [-0.39, 0.29) is 5.91 Å². The highest BCUT2D eigenvalue weighted by Gasteiger charge is 2.21. The van der Waals surface area contributed by atoms with Crippen molar-refractivity contribution in [1.29, 1.82) is 0 Å². The molecule has 0 atom stereocenters. The van der Waals surface area contributed by atoms with E-state index in [1.54, 1.807) is 13.0 Å². The van der Waals surface area contributed by atoms with Gasteiger partial charge in [0.25, 0.3) is 0 Å². The fourth-order valence-electron chi connectivity index (χ4n) is 2.81. The van der Waals surface area contributed by atoms with Crippen LogP contribution < -0.4 is 5.32 Å². The number of nitrogens with zero attached hydrogens (tertiary/aromatic N) is 4. The van der Waals surface area contributed by atoms with Crippen LogP contribution in [-0.4, -0.2) is 45.4 Å². The minimum Gasteiger partial charge on any atom is -0.360 e. The highest BCUT2D eigenvalue weighted by atomic mass is 16.5. The first-order valence-electron chi connectivity index (χ1n) is 7.62. The summed E-state index contributed by atoms with van der Waals surface area (Å²) in [6, 6.07) is 3.67.